The van der Waals surface area contributed by atoms with Crippen LogP contribution < -0.4 is 5.32 Å². The van der Waals surface area contributed by atoms with E-state index in [1.807, 2.05) is 18.0 Å². The number of aromatic nitrogens is 1. The average Bonchev–Trinajstić information content (AvgIpc) is 2.74. The number of nitrogens with zero attached hydrogens (tertiary/aromatic N) is 1. The molecule has 1 N–H and O–H groups in total. The van der Waals surface area contributed by atoms with Gasteiger partial charge in [-0.25, -0.2) is 4.98 Å². The Hall–Kier alpha value is -0.0600. The molecule has 86 valence electrons. The second kappa shape index (κ2) is 8.13. The Morgan fingerprint density at radius 1 is 1.53 bits per heavy atom. The van der Waals surface area contributed by atoms with Gasteiger partial charge in [0.2, 0.25) is 0 Å². The SMILES string of the molecule is CCCNC(CSCC)Cc1nccs1. The average molecular weight is 244 g/mol. The molecular formula is C11H20N2S2. The quantitative estimate of drug-likeness (QED) is 0.761. The lowest BCUT2D eigenvalue weighted by Crippen LogP contribution is -2.34. The molecule has 0 aliphatic carbocycles. The van der Waals surface area contributed by atoms with Crippen molar-refractivity contribution in [1.29, 1.82) is 0 Å². The zero-order chi connectivity index (χ0) is 10.9. The van der Waals surface area contributed by atoms with Gasteiger partial charge in [0.1, 0.15) is 0 Å². The molecule has 0 saturated carbocycles. The molecule has 0 amide bonds. The minimum absolute atomic E-state index is 0.584. The first kappa shape index (κ1) is 13.0. The molecular weight excluding hydrogens is 224 g/mol. The van der Waals surface area contributed by atoms with Crippen LogP contribution in [0.5, 0.6) is 0 Å². The Labute approximate surface area is 101 Å². The van der Waals surface area contributed by atoms with Crippen LogP contribution in [0.4, 0.5) is 0 Å². The minimum atomic E-state index is 0.584. The molecule has 0 aliphatic heterocycles. The van der Waals surface area contributed by atoms with Crippen molar-refractivity contribution in [2.45, 2.75) is 32.7 Å². The van der Waals surface area contributed by atoms with E-state index in [2.05, 4.69) is 29.5 Å². The topological polar surface area (TPSA) is 24.9 Å². The summed E-state index contributed by atoms with van der Waals surface area (Å²) in [6.07, 6.45) is 4.17. The Balaban J connectivity index is 2.33. The first-order valence-corrected chi connectivity index (χ1v) is 7.59. The summed E-state index contributed by atoms with van der Waals surface area (Å²) in [6.45, 7) is 5.53. The summed E-state index contributed by atoms with van der Waals surface area (Å²) in [4.78, 5) is 4.34. The normalized spacial score (nSPS) is 12.9. The van der Waals surface area contributed by atoms with Gasteiger partial charge in [0, 0.05) is 29.8 Å². The molecule has 0 fully saturated rings. The van der Waals surface area contributed by atoms with Crippen molar-refractivity contribution in [2.75, 3.05) is 18.1 Å². The maximum absolute atomic E-state index is 4.34. The Bertz CT molecular complexity index is 229. The van der Waals surface area contributed by atoms with Gasteiger partial charge in [0.05, 0.1) is 5.01 Å². The molecule has 1 atom stereocenters. The van der Waals surface area contributed by atoms with Crippen molar-refractivity contribution in [1.82, 2.24) is 10.3 Å². The van der Waals surface area contributed by atoms with Crippen LogP contribution in [-0.4, -0.2) is 29.1 Å². The van der Waals surface area contributed by atoms with Crippen molar-refractivity contribution in [3.8, 4) is 0 Å². The maximum Gasteiger partial charge on any atom is 0.0940 e. The Morgan fingerprint density at radius 3 is 3.00 bits per heavy atom. The molecule has 1 unspecified atom stereocenters. The number of rotatable bonds is 8. The van der Waals surface area contributed by atoms with E-state index in [9.17, 15) is 0 Å². The van der Waals surface area contributed by atoms with Gasteiger partial charge in [0.15, 0.2) is 0 Å². The van der Waals surface area contributed by atoms with Crippen molar-refractivity contribution < 1.29 is 0 Å². The predicted molar refractivity (Wildman–Crippen MR) is 70.9 cm³/mol. The lowest BCUT2D eigenvalue weighted by atomic mass is 10.2. The van der Waals surface area contributed by atoms with Crippen LogP contribution in [0, 0.1) is 0 Å². The molecule has 1 aromatic heterocycles. The Kier molecular flexibility index (Phi) is 7.05. The molecule has 1 heterocycles. The number of hydrogen-bond donors (Lipinski definition) is 1. The van der Waals surface area contributed by atoms with Gasteiger partial charge in [-0.1, -0.05) is 13.8 Å². The molecule has 0 bridgehead atoms. The van der Waals surface area contributed by atoms with E-state index in [-0.39, 0.29) is 0 Å². The number of hydrogen-bond acceptors (Lipinski definition) is 4. The highest BCUT2D eigenvalue weighted by molar-refractivity contribution is 7.99. The summed E-state index contributed by atoms with van der Waals surface area (Å²) in [5.41, 5.74) is 0. The van der Waals surface area contributed by atoms with Crippen LogP contribution in [0.3, 0.4) is 0 Å². The van der Waals surface area contributed by atoms with E-state index in [1.54, 1.807) is 11.3 Å². The zero-order valence-electron chi connectivity index (χ0n) is 9.53. The second-order valence-corrected chi connectivity index (χ2v) is 5.74. The molecule has 4 heteroatoms. The highest BCUT2D eigenvalue weighted by Gasteiger charge is 2.09. The van der Waals surface area contributed by atoms with Gasteiger partial charge in [-0.05, 0) is 18.7 Å². The van der Waals surface area contributed by atoms with E-state index in [4.69, 9.17) is 0 Å². The van der Waals surface area contributed by atoms with Crippen molar-refractivity contribution >= 4 is 23.1 Å². The summed E-state index contributed by atoms with van der Waals surface area (Å²) < 4.78 is 0. The summed E-state index contributed by atoms with van der Waals surface area (Å²) in [6, 6.07) is 0.584. The lowest BCUT2D eigenvalue weighted by Gasteiger charge is -2.16. The first-order valence-electron chi connectivity index (χ1n) is 5.56. The van der Waals surface area contributed by atoms with Crippen molar-refractivity contribution in [3.63, 3.8) is 0 Å². The molecule has 0 saturated heterocycles. The fourth-order valence-electron chi connectivity index (χ4n) is 1.36. The summed E-state index contributed by atoms with van der Waals surface area (Å²) in [7, 11) is 0. The monoisotopic (exact) mass is 244 g/mol. The van der Waals surface area contributed by atoms with Crippen LogP contribution in [0.15, 0.2) is 11.6 Å². The highest BCUT2D eigenvalue weighted by Crippen LogP contribution is 2.11. The molecule has 1 aromatic rings. The van der Waals surface area contributed by atoms with Crippen LogP contribution in [-0.2, 0) is 6.42 Å². The Morgan fingerprint density at radius 2 is 2.40 bits per heavy atom. The number of thioether (sulfide) groups is 1. The fraction of sp³-hybridized carbons (Fsp3) is 0.727. The van der Waals surface area contributed by atoms with Crippen LogP contribution in [0.1, 0.15) is 25.3 Å². The summed E-state index contributed by atoms with van der Waals surface area (Å²) in [5.74, 6) is 2.39. The van der Waals surface area contributed by atoms with Crippen molar-refractivity contribution in [3.05, 3.63) is 16.6 Å². The van der Waals surface area contributed by atoms with E-state index in [1.165, 1.54) is 22.9 Å². The van der Waals surface area contributed by atoms with Crippen LogP contribution in [0.25, 0.3) is 0 Å². The second-order valence-electron chi connectivity index (χ2n) is 3.44. The molecule has 0 radical (unpaired) electrons. The molecule has 0 aromatic carbocycles. The third kappa shape index (κ3) is 5.54. The largest absolute Gasteiger partial charge is 0.313 e. The summed E-state index contributed by atoms with van der Waals surface area (Å²) >= 11 is 3.76. The fourth-order valence-corrected chi connectivity index (χ4v) is 2.82. The lowest BCUT2D eigenvalue weighted by molar-refractivity contribution is 0.549. The standard InChI is InChI=1S/C11H20N2S2/c1-3-5-12-10(9-14-4-2)8-11-13-6-7-15-11/h6-7,10,12H,3-5,8-9H2,1-2H3. The molecule has 0 aliphatic rings. The first-order chi connectivity index (χ1) is 7.36. The van der Waals surface area contributed by atoms with E-state index >= 15 is 0 Å². The van der Waals surface area contributed by atoms with Gasteiger partial charge in [0.25, 0.3) is 0 Å². The smallest absolute Gasteiger partial charge is 0.0940 e. The third-order valence-electron chi connectivity index (χ3n) is 2.11. The van der Waals surface area contributed by atoms with Crippen LogP contribution in [0.2, 0.25) is 0 Å². The molecule has 15 heavy (non-hydrogen) atoms. The number of nitrogens with one attached hydrogen (secondary N) is 1. The highest BCUT2D eigenvalue weighted by atomic mass is 32.2. The number of thiazole rings is 1. The maximum atomic E-state index is 4.34. The molecule has 2 nitrogen and oxygen atoms in total. The van der Waals surface area contributed by atoms with Crippen molar-refractivity contribution in [2.24, 2.45) is 0 Å². The minimum Gasteiger partial charge on any atom is -0.313 e. The van der Waals surface area contributed by atoms with Gasteiger partial charge in [-0.3, -0.25) is 0 Å². The van der Waals surface area contributed by atoms with E-state index in [0.717, 1.165) is 13.0 Å². The predicted octanol–water partition coefficient (Wildman–Crippen LogP) is 2.81. The third-order valence-corrected chi connectivity index (χ3v) is 3.96. The van der Waals surface area contributed by atoms with Gasteiger partial charge >= 0.3 is 0 Å². The van der Waals surface area contributed by atoms with Gasteiger partial charge in [-0.15, -0.1) is 11.3 Å². The van der Waals surface area contributed by atoms with E-state index < -0.39 is 0 Å². The molecule has 0 spiro atoms. The van der Waals surface area contributed by atoms with E-state index in [0.29, 0.717) is 6.04 Å². The zero-order valence-corrected chi connectivity index (χ0v) is 11.2. The van der Waals surface area contributed by atoms with Gasteiger partial charge < -0.3 is 5.32 Å². The summed E-state index contributed by atoms with van der Waals surface area (Å²) in [5, 5.41) is 6.89. The molecule has 1 rings (SSSR count). The van der Waals surface area contributed by atoms with Crippen LogP contribution >= 0.6 is 23.1 Å². The van der Waals surface area contributed by atoms with Gasteiger partial charge in [-0.2, -0.15) is 11.8 Å².